The monoisotopic (exact) mass is 712 g/mol. The molecule has 8 heteroatoms. The average molecular weight is 713 g/mol. The Morgan fingerprint density at radius 3 is 2.59 bits per heavy atom. The van der Waals surface area contributed by atoms with Crippen LogP contribution in [0.15, 0.2) is 106 Å². The van der Waals surface area contributed by atoms with Crippen molar-refractivity contribution in [3.05, 3.63) is 148 Å². The van der Waals surface area contributed by atoms with Crippen LogP contribution in [0, 0.1) is 3.57 Å². The first-order valence-corrected chi connectivity index (χ1v) is 16.2. The molecule has 0 fully saturated rings. The minimum Gasteiger partial charge on any atom is -0.497 e. The van der Waals surface area contributed by atoms with E-state index in [2.05, 4.69) is 52.9 Å². The number of aryl methyl sites for hydroxylation is 1. The van der Waals surface area contributed by atoms with Crippen molar-refractivity contribution in [3.63, 3.8) is 0 Å². The normalized spacial score (nSPS) is 15.6. The van der Waals surface area contributed by atoms with E-state index in [4.69, 9.17) is 19.2 Å². The van der Waals surface area contributed by atoms with Gasteiger partial charge in [-0.2, -0.15) is 0 Å². The number of hydrogen-bond donors (Lipinski definition) is 0. The van der Waals surface area contributed by atoms with E-state index in [1.54, 1.807) is 14.2 Å². The van der Waals surface area contributed by atoms with Crippen molar-refractivity contribution in [1.82, 2.24) is 4.57 Å². The largest absolute Gasteiger partial charge is 0.497 e. The topological polar surface area (TPSA) is 62.0 Å². The molecule has 5 aromatic rings. The van der Waals surface area contributed by atoms with Crippen LogP contribution >= 0.6 is 33.9 Å². The minimum atomic E-state index is -0.268. The molecule has 1 aliphatic carbocycles. The fourth-order valence-electron chi connectivity index (χ4n) is 5.98. The van der Waals surface area contributed by atoms with Crippen LogP contribution in [0.2, 0.25) is 0 Å². The summed E-state index contributed by atoms with van der Waals surface area (Å²) in [5.41, 5.74) is 7.44. The lowest BCUT2D eigenvalue weighted by atomic mass is 9.83. The maximum Gasteiger partial charge on any atom is 0.271 e. The second-order valence-electron chi connectivity index (χ2n) is 10.7. The molecule has 0 N–H and O–H groups in total. The molecule has 44 heavy (non-hydrogen) atoms. The standard InChI is InChI=1S/C36H29IN2O4S/c1-41-26-13-8-12-25(20-26)33-28-16-15-24-11-6-7-14-27(24)32(28)38-36-39(33)35(40)31(44-36)19-23-17-29(37)34(30(18-23)42-2)43-21-22-9-4-3-5-10-22/h3-14,17-20,33H,15-16,21H2,1-2H3/b31-19+/t33-/m1/s1. The summed E-state index contributed by atoms with van der Waals surface area (Å²) in [7, 11) is 3.30. The third kappa shape index (κ3) is 5.26. The molecule has 6 nitrogen and oxygen atoms in total. The number of rotatable bonds is 7. The van der Waals surface area contributed by atoms with Crippen LogP contribution < -0.4 is 29.1 Å². The summed E-state index contributed by atoms with van der Waals surface area (Å²) in [5.74, 6) is 2.06. The van der Waals surface area contributed by atoms with Crippen molar-refractivity contribution < 1.29 is 14.2 Å². The van der Waals surface area contributed by atoms with Crippen LogP contribution in [0.4, 0.5) is 0 Å². The van der Waals surface area contributed by atoms with Gasteiger partial charge in [-0.05, 0) is 93.6 Å². The highest BCUT2D eigenvalue weighted by molar-refractivity contribution is 14.1. The van der Waals surface area contributed by atoms with Crippen molar-refractivity contribution in [2.75, 3.05) is 14.2 Å². The molecule has 0 unspecified atom stereocenters. The van der Waals surface area contributed by atoms with E-state index in [1.165, 1.54) is 16.9 Å². The maximum absolute atomic E-state index is 14.2. The van der Waals surface area contributed by atoms with Crippen LogP contribution in [0.1, 0.15) is 40.3 Å². The Morgan fingerprint density at radius 2 is 1.77 bits per heavy atom. The second kappa shape index (κ2) is 12.1. The number of allylic oxidation sites excluding steroid dienone is 1. The zero-order valence-corrected chi connectivity index (χ0v) is 27.2. The molecule has 0 bridgehead atoms. The molecule has 0 amide bonds. The molecule has 1 aromatic heterocycles. The van der Waals surface area contributed by atoms with Gasteiger partial charge in [-0.1, -0.05) is 78.1 Å². The van der Waals surface area contributed by atoms with E-state index >= 15 is 0 Å². The predicted molar refractivity (Wildman–Crippen MR) is 182 cm³/mol. The summed E-state index contributed by atoms with van der Waals surface area (Å²) in [6.07, 6.45) is 3.67. The van der Waals surface area contributed by atoms with E-state index in [-0.39, 0.29) is 11.6 Å². The Bertz CT molecular complexity index is 2100. The smallest absolute Gasteiger partial charge is 0.271 e. The quantitative estimate of drug-likeness (QED) is 0.181. The zero-order chi connectivity index (χ0) is 30.2. The molecule has 2 heterocycles. The van der Waals surface area contributed by atoms with E-state index < -0.39 is 0 Å². The van der Waals surface area contributed by atoms with Gasteiger partial charge < -0.3 is 14.2 Å². The van der Waals surface area contributed by atoms with Gasteiger partial charge in [0.05, 0.1) is 34.1 Å². The lowest BCUT2D eigenvalue weighted by Crippen LogP contribution is -2.38. The van der Waals surface area contributed by atoms with E-state index in [0.29, 0.717) is 27.4 Å². The van der Waals surface area contributed by atoms with Gasteiger partial charge in [-0.3, -0.25) is 9.36 Å². The van der Waals surface area contributed by atoms with Crippen molar-refractivity contribution >= 4 is 45.7 Å². The molecular formula is C36H29IN2O4S. The first kappa shape index (κ1) is 28.6. The average Bonchev–Trinajstić information content (AvgIpc) is 3.37. The van der Waals surface area contributed by atoms with Gasteiger partial charge in [0.1, 0.15) is 12.4 Å². The van der Waals surface area contributed by atoms with Gasteiger partial charge in [-0.15, -0.1) is 0 Å². The van der Waals surface area contributed by atoms with Gasteiger partial charge in [0.25, 0.3) is 5.56 Å². The summed E-state index contributed by atoms with van der Waals surface area (Å²) in [5, 5.41) is 0. The Hall–Kier alpha value is -4.15. The van der Waals surface area contributed by atoms with Crippen LogP contribution in [0.3, 0.4) is 0 Å². The van der Waals surface area contributed by atoms with Gasteiger partial charge >= 0.3 is 0 Å². The maximum atomic E-state index is 14.2. The number of halogens is 1. The van der Waals surface area contributed by atoms with Crippen molar-refractivity contribution in [2.24, 2.45) is 4.99 Å². The summed E-state index contributed by atoms with van der Waals surface area (Å²) >= 11 is 3.68. The van der Waals surface area contributed by atoms with Crippen LogP contribution in [0.5, 0.6) is 17.2 Å². The molecule has 0 radical (unpaired) electrons. The number of benzene rings is 4. The minimum absolute atomic E-state index is 0.0645. The van der Waals surface area contributed by atoms with Gasteiger partial charge in [0.2, 0.25) is 0 Å². The number of ether oxygens (including phenoxy) is 3. The number of nitrogens with zero attached hydrogens (tertiary/aromatic N) is 2. The Labute approximate surface area is 272 Å². The molecule has 0 saturated heterocycles. The third-order valence-electron chi connectivity index (χ3n) is 8.06. The molecular weight excluding hydrogens is 683 g/mol. The lowest BCUT2D eigenvalue weighted by molar-refractivity contribution is 0.282. The highest BCUT2D eigenvalue weighted by atomic mass is 127. The molecule has 7 rings (SSSR count). The second-order valence-corrected chi connectivity index (χ2v) is 12.9. The third-order valence-corrected chi connectivity index (χ3v) is 9.84. The van der Waals surface area contributed by atoms with Gasteiger partial charge in [-0.25, -0.2) is 4.99 Å². The SMILES string of the molecule is COc1cccc([C@@H]2C3=C(N=c4s/c(=C/c5cc(I)c(OCc6ccccc6)c(OC)c5)c(=O)n42)c2ccccc2CC3)c1. The highest BCUT2D eigenvalue weighted by Gasteiger charge is 2.32. The summed E-state index contributed by atoms with van der Waals surface area (Å²) in [6, 6.07) is 30.2. The number of thiazole rings is 1. The van der Waals surface area contributed by atoms with E-state index in [0.717, 1.165) is 55.7 Å². The molecule has 4 aromatic carbocycles. The number of methoxy groups -OCH3 is 2. The number of fused-ring (bicyclic) bond motifs is 3. The van der Waals surface area contributed by atoms with Gasteiger partial charge in [0, 0.05) is 5.56 Å². The Kier molecular flexibility index (Phi) is 7.86. The van der Waals surface area contributed by atoms with Crippen molar-refractivity contribution in [3.8, 4) is 17.2 Å². The Morgan fingerprint density at radius 1 is 0.955 bits per heavy atom. The van der Waals surface area contributed by atoms with Crippen LogP contribution in [0.25, 0.3) is 11.8 Å². The fraction of sp³-hybridized carbons (Fsp3) is 0.167. The van der Waals surface area contributed by atoms with Crippen molar-refractivity contribution in [1.29, 1.82) is 0 Å². The van der Waals surface area contributed by atoms with Crippen LogP contribution in [-0.2, 0) is 13.0 Å². The van der Waals surface area contributed by atoms with Gasteiger partial charge in [0.15, 0.2) is 16.3 Å². The molecule has 220 valence electrons. The summed E-state index contributed by atoms with van der Waals surface area (Å²) in [6.45, 7) is 0.434. The zero-order valence-electron chi connectivity index (χ0n) is 24.2. The first-order valence-electron chi connectivity index (χ1n) is 14.4. The molecule has 2 aliphatic rings. The van der Waals surface area contributed by atoms with Crippen molar-refractivity contribution in [2.45, 2.75) is 25.5 Å². The molecule has 1 atom stereocenters. The molecule has 0 saturated carbocycles. The van der Waals surface area contributed by atoms with Crippen LogP contribution in [-0.4, -0.2) is 18.8 Å². The lowest BCUT2D eigenvalue weighted by Gasteiger charge is -2.31. The molecule has 1 aliphatic heterocycles. The Balaban J connectivity index is 1.35. The van der Waals surface area contributed by atoms with E-state index in [9.17, 15) is 4.79 Å². The van der Waals surface area contributed by atoms with E-state index in [1.807, 2.05) is 71.3 Å². The summed E-state index contributed by atoms with van der Waals surface area (Å²) in [4.78, 5) is 20.0. The fourth-order valence-corrected chi connectivity index (χ4v) is 7.76. The highest BCUT2D eigenvalue weighted by Crippen LogP contribution is 2.42. The first-order chi connectivity index (χ1) is 21.5. The number of hydrogen-bond acceptors (Lipinski definition) is 6. The predicted octanol–water partition coefficient (Wildman–Crippen LogP) is 6.52. The number of aromatic nitrogens is 1. The summed E-state index contributed by atoms with van der Waals surface area (Å²) < 4.78 is 20.8. The molecule has 0 spiro atoms.